The molecule has 0 aliphatic carbocycles. The molecule has 8 rings (SSSR count). The van der Waals surface area contributed by atoms with Crippen molar-refractivity contribution in [2.45, 2.75) is 144 Å². The van der Waals surface area contributed by atoms with Gasteiger partial charge in [-0.25, -0.2) is 9.97 Å². The molecule has 8 bridgehead atoms. The van der Waals surface area contributed by atoms with Gasteiger partial charge in [0, 0.05) is 38.7 Å². The summed E-state index contributed by atoms with van der Waals surface area (Å²) in [6, 6.07) is 27.0. The van der Waals surface area contributed by atoms with Crippen molar-refractivity contribution < 1.29 is 9.31 Å². The van der Waals surface area contributed by atoms with Crippen LogP contribution >= 0.6 is 0 Å². The molecule has 316 valence electrons. The average molecular weight is 813 g/mol. The first kappa shape index (κ1) is 42.7. The van der Waals surface area contributed by atoms with E-state index in [9.17, 15) is 0 Å². The van der Waals surface area contributed by atoms with Crippen molar-refractivity contribution in [1.82, 2.24) is 19.9 Å². The first-order valence-corrected chi connectivity index (χ1v) is 22.0. The van der Waals surface area contributed by atoms with Crippen LogP contribution in [-0.2, 0) is 31.0 Å². The highest BCUT2D eigenvalue weighted by atomic mass is 16.7. The van der Waals surface area contributed by atoms with Crippen molar-refractivity contribution in [3.63, 3.8) is 0 Å². The second-order valence-electron chi connectivity index (χ2n) is 22.6. The van der Waals surface area contributed by atoms with E-state index in [2.05, 4.69) is 212 Å². The molecule has 0 radical (unpaired) electrons. The lowest BCUT2D eigenvalue weighted by Crippen LogP contribution is -2.41. The summed E-state index contributed by atoms with van der Waals surface area (Å²) in [7, 11) is -0.611. The smallest absolute Gasteiger partial charge is 0.399 e. The van der Waals surface area contributed by atoms with Crippen molar-refractivity contribution in [2.75, 3.05) is 0 Å². The zero-order valence-electron chi connectivity index (χ0n) is 39.4. The van der Waals surface area contributed by atoms with Gasteiger partial charge < -0.3 is 19.3 Å². The molecule has 6 nitrogen and oxygen atoms in total. The summed E-state index contributed by atoms with van der Waals surface area (Å²) in [6.07, 6.45) is 6.55. The Morgan fingerprint density at radius 1 is 0.475 bits per heavy atom. The standard InChI is InChI=1S/C54H65BN4O2/c1-49(2,3)34-23-32(24-35(27-34)50(4,5)6)47-42-20-19-39(57-42)29-38-17-18-40(56-38)30-45-41(55-60-53(13,14)54(15,16)61-55)31-46(59-45)48(44-22-21-43(47)58-44)33-25-36(51(7,8)9)28-37(26-33)52(10,11)12/h17-31,56-57H,1-16H3. The molecule has 2 aromatic carbocycles. The Kier molecular flexibility index (Phi) is 10.0. The summed E-state index contributed by atoms with van der Waals surface area (Å²) in [5.41, 5.74) is 16.2. The maximum absolute atomic E-state index is 6.75. The molecule has 7 heteroatoms. The Balaban J connectivity index is 1.54. The lowest BCUT2D eigenvalue weighted by atomic mass is 9.76. The highest BCUT2D eigenvalue weighted by molar-refractivity contribution is 6.70. The molecular weight excluding hydrogens is 747 g/mol. The van der Waals surface area contributed by atoms with E-state index in [0.717, 1.165) is 72.6 Å². The maximum Gasteiger partial charge on any atom is 0.497 e. The summed E-state index contributed by atoms with van der Waals surface area (Å²) in [4.78, 5) is 18.6. The summed E-state index contributed by atoms with van der Waals surface area (Å²) >= 11 is 0. The third-order valence-corrected chi connectivity index (χ3v) is 13.0. The second kappa shape index (κ2) is 14.3. The van der Waals surface area contributed by atoms with Gasteiger partial charge in [-0.15, -0.1) is 0 Å². The van der Waals surface area contributed by atoms with Crippen molar-refractivity contribution in [3.8, 4) is 22.3 Å². The van der Waals surface area contributed by atoms with Gasteiger partial charge in [0.05, 0.1) is 34.0 Å². The molecule has 0 unspecified atom stereocenters. The van der Waals surface area contributed by atoms with Crippen LogP contribution in [0.25, 0.3) is 68.0 Å². The molecular formula is C54H65BN4O2. The van der Waals surface area contributed by atoms with Gasteiger partial charge in [-0.05, 0) is 137 Å². The molecule has 0 saturated carbocycles. The molecule has 2 N–H and O–H groups in total. The van der Waals surface area contributed by atoms with Gasteiger partial charge in [-0.2, -0.15) is 0 Å². The molecule has 6 heterocycles. The minimum atomic E-state index is -0.611. The lowest BCUT2D eigenvalue weighted by Gasteiger charge is -2.32. The fourth-order valence-corrected chi connectivity index (χ4v) is 8.19. The quantitative estimate of drug-likeness (QED) is 0.175. The van der Waals surface area contributed by atoms with Crippen LogP contribution in [0.2, 0.25) is 0 Å². The number of hydrogen-bond donors (Lipinski definition) is 2. The van der Waals surface area contributed by atoms with Gasteiger partial charge in [0.15, 0.2) is 0 Å². The average Bonchev–Trinajstić information content (AvgIpc) is 3.97. The van der Waals surface area contributed by atoms with Crippen LogP contribution in [0.15, 0.2) is 72.8 Å². The zero-order valence-corrected chi connectivity index (χ0v) is 39.4. The molecule has 61 heavy (non-hydrogen) atoms. The van der Waals surface area contributed by atoms with Crippen molar-refractivity contribution in [1.29, 1.82) is 0 Å². The normalized spacial score (nSPS) is 16.7. The lowest BCUT2D eigenvalue weighted by molar-refractivity contribution is 0.00578. The number of rotatable bonds is 3. The monoisotopic (exact) mass is 813 g/mol. The van der Waals surface area contributed by atoms with Gasteiger partial charge in [0.2, 0.25) is 0 Å². The fraction of sp³-hybridized carbons (Fsp3) is 0.407. The van der Waals surface area contributed by atoms with Crippen LogP contribution in [-0.4, -0.2) is 38.3 Å². The summed E-state index contributed by atoms with van der Waals surface area (Å²) in [6.45, 7) is 35.9. The number of H-pyrrole nitrogens is 2. The number of nitrogens with one attached hydrogen (secondary N) is 2. The van der Waals surface area contributed by atoms with Crippen molar-refractivity contribution in [3.05, 3.63) is 118 Å². The molecule has 3 aromatic heterocycles. The Hall–Kier alpha value is -4.98. The number of fused-ring (bicyclic) bond motifs is 8. The molecule has 3 aliphatic rings. The van der Waals surface area contributed by atoms with E-state index < -0.39 is 18.3 Å². The predicted octanol–water partition coefficient (Wildman–Crippen LogP) is 14.2. The molecule has 3 aliphatic heterocycles. The van der Waals surface area contributed by atoms with Crippen molar-refractivity contribution in [2.24, 2.45) is 0 Å². The fourth-order valence-electron chi connectivity index (χ4n) is 8.19. The first-order valence-electron chi connectivity index (χ1n) is 22.0. The first-order chi connectivity index (χ1) is 28.2. The SMILES string of the molecule is CC(C)(C)c1cc(-c2c3nc(cc4ccc(cc5ccc([nH]5)c(-c5cc(C(C)(C)C)cc(C(C)(C)C)c5)c5nc2C=C5)[nH]4)C(B2OC(C)(C)C(C)(C)O2)=C3)cc(C(C)(C)C)c1. The van der Waals surface area contributed by atoms with E-state index in [-0.39, 0.29) is 21.7 Å². The van der Waals surface area contributed by atoms with E-state index in [0.29, 0.717) is 0 Å². The Morgan fingerprint density at radius 3 is 1.39 bits per heavy atom. The van der Waals surface area contributed by atoms with Crippen LogP contribution in [0.5, 0.6) is 0 Å². The molecule has 0 amide bonds. The van der Waals surface area contributed by atoms with E-state index in [1.807, 2.05) is 0 Å². The summed E-state index contributed by atoms with van der Waals surface area (Å²) in [5, 5.41) is 0. The molecule has 1 saturated heterocycles. The van der Waals surface area contributed by atoms with E-state index in [1.54, 1.807) is 0 Å². The number of benzene rings is 2. The molecule has 0 atom stereocenters. The largest absolute Gasteiger partial charge is 0.497 e. The summed E-state index contributed by atoms with van der Waals surface area (Å²) < 4.78 is 13.5. The van der Waals surface area contributed by atoms with Crippen LogP contribution in [0.3, 0.4) is 0 Å². The summed E-state index contributed by atoms with van der Waals surface area (Å²) in [5.74, 6) is 0. The number of aromatic nitrogens is 4. The third-order valence-electron chi connectivity index (χ3n) is 13.0. The minimum Gasteiger partial charge on any atom is -0.399 e. The van der Waals surface area contributed by atoms with Gasteiger partial charge in [-0.1, -0.05) is 119 Å². The number of nitrogens with zero attached hydrogens (tertiary/aromatic N) is 2. The highest BCUT2D eigenvalue weighted by Crippen LogP contribution is 2.45. The number of hydrogen-bond acceptors (Lipinski definition) is 4. The topological polar surface area (TPSA) is 75.8 Å². The van der Waals surface area contributed by atoms with E-state index in [1.165, 1.54) is 22.3 Å². The number of aromatic amines is 2. The Labute approximate surface area is 364 Å². The van der Waals surface area contributed by atoms with Gasteiger partial charge in [0.25, 0.3) is 0 Å². The molecule has 5 aromatic rings. The zero-order chi connectivity index (χ0) is 44.2. The molecule has 0 spiro atoms. The van der Waals surface area contributed by atoms with Crippen LogP contribution in [0, 0.1) is 0 Å². The van der Waals surface area contributed by atoms with E-state index >= 15 is 0 Å². The maximum atomic E-state index is 6.75. The highest BCUT2D eigenvalue weighted by Gasteiger charge is 2.53. The van der Waals surface area contributed by atoms with Crippen molar-refractivity contribution >= 4 is 52.9 Å². The third kappa shape index (κ3) is 8.24. The van der Waals surface area contributed by atoms with Gasteiger partial charge in [-0.3, -0.25) is 0 Å². The van der Waals surface area contributed by atoms with E-state index in [4.69, 9.17) is 19.3 Å². The van der Waals surface area contributed by atoms with Gasteiger partial charge >= 0.3 is 7.12 Å². The van der Waals surface area contributed by atoms with Crippen LogP contribution in [0.4, 0.5) is 0 Å². The Morgan fingerprint density at radius 2 is 0.902 bits per heavy atom. The second-order valence-corrected chi connectivity index (χ2v) is 22.6. The minimum absolute atomic E-state index is 0.0592. The Bertz CT molecular complexity index is 2720. The molecule has 1 fully saturated rings. The van der Waals surface area contributed by atoms with Crippen LogP contribution in [0.1, 0.15) is 156 Å². The van der Waals surface area contributed by atoms with Gasteiger partial charge in [0.1, 0.15) is 0 Å². The van der Waals surface area contributed by atoms with Crippen LogP contribution < -0.4 is 0 Å². The predicted molar refractivity (Wildman–Crippen MR) is 260 cm³/mol.